The average Bonchev–Trinajstić information content (AvgIpc) is 3.24. The van der Waals surface area contributed by atoms with Gasteiger partial charge in [-0.25, -0.2) is 14.8 Å². The molecule has 4 aromatic rings. The van der Waals surface area contributed by atoms with Gasteiger partial charge >= 0.3 is 5.97 Å². The van der Waals surface area contributed by atoms with Gasteiger partial charge in [-0.15, -0.1) is 12.4 Å². The highest BCUT2D eigenvalue weighted by molar-refractivity contribution is 5.95. The first-order chi connectivity index (χ1) is 17.3. The van der Waals surface area contributed by atoms with E-state index in [0.29, 0.717) is 23.6 Å². The smallest absolute Gasteiger partial charge is 0.343 e. The number of rotatable bonds is 3. The lowest BCUT2D eigenvalue weighted by Crippen LogP contribution is -2.48. The molecule has 0 spiro atoms. The Morgan fingerprint density at radius 3 is 2.65 bits per heavy atom. The van der Waals surface area contributed by atoms with E-state index in [2.05, 4.69) is 4.99 Å². The maximum absolute atomic E-state index is 13.9. The van der Waals surface area contributed by atoms with Crippen LogP contribution in [0.25, 0.3) is 22.3 Å². The molecule has 0 saturated carbocycles. The fourth-order valence-corrected chi connectivity index (χ4v) is 5.03. The van der Waals surface area contributed by atoms with E-state index in [0.717, 1.165) is 22.0 Å². The number of nitrogens with two attached hydrogens (primary N) is 1. The summed E-state index contributed by atoms with van der Waals surface area (Å²) >= 11 is 0. The van der Waals surface area contributed by atoms with Gasteiger partial charge in [0.25, 0.3) is 5.56 Å². The molecule has 9 heteroatoms. The summed E-state index contributed by atoms with van der Waals surface area (Å²) in [5.41, 5.74) is 8.77. The highest BCUT2D eigenvalue weighted by atomic mass is 35.5. The van der Waals surface area contributed by atoms with Crippen molar-refractivity contribution < 1.29 is 14.6 Å². The molecule has 0 fully saturated rings. The normalized spacial score (nSPS) is 20.0. The van der Waals surface area contributed by atoms with Crippen LogP contribution in [0.15, 0.2) is 70.5 Å². The predicted octanol–water partition coefficient (Wildman–Crippen LogP) is 4.04. The van der Waals surface area contributed by atoms with E-state index < -0.39 is 23.2 Å². The van der Waals surface area contributed by atoms with Gasteiger partial charge in [-0.1, -0.05) is 42.8 Å². The number of pyridine rings is 2. The van der Waals surface area contributed by atoms with Crippen LogP contribution in [0.5, 0.6) is 0 Å². The first kappa shape index (κ1) is 24.7. The molecule has 1 unspecified atom stereocenters. The minimum absolute atomic E-state index is 0. The van der Waals surface area contributed by atoms with Gasteiger partial charge in [-0.05, 0) is 43.7 Å². The van der Waals surface area contributed by atoms with Gasteiger partial charge in [0.15, 0.2) is 11.7 Å². The highest BCUT2D eigenvalue weighted by Crippen LogP contribution is 2.42. The summed E-state index contributed by atoms with van der Waals surface area (Å²) < 4.78 is 7.18. The molecule has 0 amide bonds. The van der Waals surface area contributed by atoms with E-state index in [1.165, 1.54) is 0 Å². The number of amidine groups is 1. The number of fused-ring (bicyclic) bond motifs is 5. The zero-order valence-corrected chi connectivity index (χ0v) is 21.1. The summed E-state index contributed by atoms with van der Waals surface area (Å²) in [6.45, 7) is 3.94. The van der Waals surface area contributed by atoms with Crippen molar-refractivity contribution in [2.24, 2.45) is 10.7 Å². The Labute approximate surface area is 218 Å². The van der Waals surface area contributed by atoms with Gasteiger partial charge in [-0.3, -0.25) is 4.79 Å². The molecule has 37 heavy (non-hydrogen) atoms. The van der Waals surface area contributed by atoms with Crippen molar-refractivity contribution >= 4 is 40.8 Å². The van der Waals surface area contributed by atoms with Crippen molar-refractivity contribution in [3.63, 3.8) is 0 Å². The van der Waals surface area contributed by atoms with E-state index >= 15 is 0 Å². The van der Waals surface area contributed by atoms with Gasteiger partial charge in [0, 0.05) is 16.5 Å². The summed E-state index contributed by atoms with van der Waals surface area (Å²) in [7, 11) is 0. The summed E-state index contributed by atoms with van der Waals surface area (Å²) in [5.74, 6) is -0.901. The van der Waals surface area contributed by atoms with Gasteiger partial charge < -0.3 is 20.1 Å². The largest absolute Gasteiger partial charge is 0.447 e. The number of hydrogen-bond donors (Lipinski definition) is 2. The maximum atomic E-state index is 13.9. The predicted molar refractivity (Wildman–Crippen MR) is 143 cm³/mol. The highest BCUT2D eigenvalue weighted by Gasteiger charge is 2.50. The minimum atomic E-state index is -1.98. The summed E-state index contributed by atoms with van der Waals surface area (Å²) in [5, 5.41) is 12.3. The number of cyclic esters (lactones) is 1. The molecule has 3 N–H and O–H groups in total. The molecular weight excluding hydrogens is 492 g/mol. The molecule has 4 heterocycles. The first-order valence-electron chi connectivity index (χ1n) is 11.8. The standard InChI is InChI=1S/C28H24N4O4.ClH/c1-3-28(35)19-13-21-23-17(12-16-6-4-5-7-20(16)31-23)14-32(21)26(33)22(19)24(36-27(28)34)25(29)30-18-10-8-15(2)9-11-18;/h4-13,24,35H,3,14H2,1-2H3,(H2,29,30);1H/t24?,28-;/m0./s1. The Morgan fingerprint density at radius 1 is 1.19 bits per heavy atom. The molecule has 2 aromatic carbocycles. The lowest BCUT2D eigenvalue weighted by molar-refractivity contribution is -0.174. The van der Waals surface area contributed by atoms with Crippen molar-refractivity contribution in [1.82, 2.24) is 9.55 Å². The second-order valence-corrected chi connectivity index (χ2v) is 9.31. The topological polar surface area (TPSA) is 120 Å². The number of aliphatic hydroxyl groups is 1. The van der Waals surface area contributed by atoms with Crippen LogP contribution in [-0.4, -0.2) is 26.5 Å². The number of carbonyl (C=O) groups excluding carboxylic acids is 1. The molecule has 2 atom stereocenters. The van der Waals surface area contributed by atoms with Crippen LogP contribution in [0.2, 0.25) is 0 Å². The fraction of sp³-hybridized carbons (Fsp3) is 0.214. The van der Waals surface area contributed by atoms with Crippen molar-refractivity contribution in [2.45, 2.75) is 38.5 Å². The Balaban J connectivity index is 0.00000280. The number of aliphatic imine (C=N–C) groups is 1. The SMILES string of the molecule is CC[C@@]1(O)C(=O)OC(C(N)=Nc2ccc(C)cc2)c2c1cc1n(c2=O)Cc2cc3ccccc3nc2-1.Cl. The lowest BCUT2D eigenvalue weighted by atomic mass is 9.83. The number of benzene rings is 2. The second-order valence-electron chi connectivity index (χ2n) is 9.31. The van der Waals surface area contributed by atoms with Crippen molar-refractivity contribution in [3.05, 3.63) is 93.3 Å². The molecule has 0 radical (unpaired) electrons. The average molecular weight is 517 g/mol. The number of aryl methyl sites for hydroxylation is 1. The minimum Gasteiger partial charge on any atom is -0.447 e. The quantitative estimate of drug-likeness (QED) is 0.212. The van der Waals surface area contributed by atoms with Crippen LogP contribution in [0.3, 0.4) is 0 Å². The molecule has 0 saturated heterocycles. The number of hydrogen-bond acceptors (Lipinski definition) is 6. The van der Waals surface area contributed by atoms with Crippen molar-refractivity contribution in [1.29, 1.82) is 0 Å². The van der Waals surface area contributed by atoms with Crippen LogP contribution in [0, 0.1) is 6.92 Å². The number of ether oxygens (including phenoxy) is 1. The molecule has 0 aliphatic carbocycles. The first-order valence-corrected chi connectivity index (χ1v) is 11.8. The number of aromatic nitrogens is 2. The van der Waals surface area contributed by atoms with Gasteiger partial charge in [0.2, 0.25) is 0 Å². The Kier molecular flexibility index (Phi) is 5.89. The number of para-hydroxylation sites is 1. The van der Waals surface area contributed by atoms with Crippen LogP contribution >= 0.6 is 12.4 Å². The van der Waals surface area contributed by atoms with Crippen LogP contribution in [0.1, 0.15) is 41.7 Å². The molecule has 2 aliphatic heterocycles. The van der Waals surface area contributed by atoms with E-state index in [1.807, 2.05) is 49.4 Å². The third-order valence-electron chi connectivity index (χ3n) is 7.05. The van der Waals surface area contributed by atoms with Crippen LogP contribution in [-0.2, 0) is 21.7 Å². The van der Waals surface area contributed by atoms with Crippen molar-refractivity contribution in [3.8, 4) is 11.4 Å². The van der Waals surface area contributed by atoms with E-state index in [9.17, 15) is 14.7 Å². The Bertz CT molecular complexity index is 1660. The van der Waals surface area contributed by atoms with Crippen molar-refractivity contribution in [2.75, 3.05) is 0 Å². The number of esters is 1. The zero-order valence-electron chi connectivity index (χ0n) is 20.3. The van der Waals surface area contributed by atoms with Gasteiger partial charge in [0.05, 0.1) is 34.7 Å². The third-order valence-corrected chi connectivity index (χ3v) is 7.05. The molecule has 2 aliphatic rings. The van der Waals surface area contributed by atoms with Gasteiger partial charge in [0.1, 0.15) is 5.84 Å². The monoisotopic (exact) mass is 516 g/mol. The van der Waals surface area contributed by atoms with Crippen LogP contribution in [0.4, 0.5) is 5.69 Å². The number of carbonyl (C=O) groups is 1. The summed E-state index contributed by atoms with van der Waals surface area (Å²) in [6, 6.07) is 18.8. The van der Waals surface area contributed by atoms with E-state index in [1.54, 1.807) is 29.7 Å². The number of halogens is 1. The zero-order chi connectivity index (χ0) is 25.2. The molecule has 188 valence electrons. The van der Waals surface area contributed by atoms with E-state index in [-0.39, 0.29) is 35.8 Å². The number of nitrogens with zero attached hydrogens (tertiary/aromatic N) is 3. The van der Waals surface area contributed by atoms with Crippen LogP contribution < -0.4 is 11.3 Å². The van der Waals surface area contributed by atoms with E-state index in [4.69, 9.17) is 15.5 Å². The summed E-state index contributed by atoms with van der Waals surface area (Å²) in [4.78, 5) is 36.2. The Morgan fingerprint density at radius 2 is 1.92 bits per heavy atom. The fourth-order valence-electron chi connectivity index (χ4n) is 5.03. The lowest BCUT2D eigenvalue weighted by Gasteiger charge is -2.35. The molecule has 0 bridgehead atoms. The molecule has 8 nitrogen and oxygen atoms in total. The molecule has 6 rings (SSSR count). The second kappa shape index (κ2) is 8.83. The molecular formula is C28H25ClN4O4. The van der Waals surface area contributed by atoms with Gasteiger partial charge in [-0.2, -0.15) is 0 Å². The maximum Gasteiger partial charge on any atom is 0.343 e. The molecule has 2 aromatic heterocycles. The summed E-state index contributed by atoms with van der Waals surface area (Å²) in [6.07, 6.45) is -1.19. The Hall–Kier alpha value is -4.01. The third kappa shape index (κ3) is 3.72.